The molecule has 1 N–H and O–H groups in total. The van der Waals surface area contributed by atoms with E-state index < -0.39 is 12.5 Å². The second kappa shape index (κ2) is 8.41. The zero-order valence-corrected chi connectivity index (χ0v) is 15.9. The minimum atomic E-state index is -2.92. The molecule has 4 aromatic rings. The summed E-state index contributed by atoms with van der Waals surface area (Å²) in [4.78, 5) is 16.6. The van der Waals surface area contributed by atoms with Gasteiger partial charge in [-0.15, -0.1) is 0 Å². The number of aromatic nitrogens is 3. The molecule has 0 unspecified atom stereocenters. The first kappa shape index (κ1) is 19.7. The van der Waals surface area contributed by atoms with E-state index in [9.17, 15) is 18.0 Å². The summed E-state index contributed by atoms with van der Waals surface area (Å²) in [6.07, 6.45) is 1.56. The topological polar surface area (TPSA) is 78.3 Å². The van der Waals surface area contributed by atoms with Crippen LogP contribution in [-0.2, 0) is 6.73 Å². The first-order valence-electron chi connectivity index (χ1n) is 8.55. The van der Waals surface area contributed by atoms with Gasteiger partial charge in [0.15, 0.2) is 17.6 Å². The lowest BCUT2D eigenvalue weighted by molar-refractivity contribution is -0.0497. The number of ether oxygens (including phenoxy) is 2. The lowest BCUT2D eigenvalue weighted by Gasteiger charge is -2.05. The first-order valence-corrected chi connectivity index (χ1v) is 9.36. The highest BCUT2D eigenvalue weighted by Crippen LogP contribution is 2.30. The standard InChI is InChI=1S/C19H13F3N4O3S/c20-11-1-3-12(4-2-11)28-10-26-8-7-15(25-26)17(27)24-19-23-14-6-5-13(29-18(21)22)9-16(14)30-19/h1-9,18H,10H2,(H,23,24,27). The predicted octanol–water partition coefficient (Wildman–Crippen LogP) is 4.52. The van der Waals surface area contributed by atoms with Crippen LogP contribution >= 0.6 is 11.3 Å². The maximum atomic E-state index is 12.9. The number of alkyl halides is 2. The summed E-state index contributed by atoms with van der Waals surface area (Å²) in [7, 11) is 0. The molecule has 30 heavy (non-hydrogen) atoms. The Morgan fingerprint density at radius 3 is 2.67 bits per heavy atom. The van der Waals surface area contributed by atoms with Crippen molar-refractivity contribution in [2.75, 3.05) is 5.32 Å². The Morgan fingerprint density at radius 2 is 1.90 bits per heavy atom. The van der Waals surface area contributed by atoms with Crippen LogP contribution in [0.15, 0.2) is 54.7 Å². The van der Waals surface area contributed by atoms with E-state index >= 15 is 0 Å². The number of thiazole rings is 1. The van der Waals surface area contributed by atoms with Crippen molar-refractivity contribution in [3.63, 3.8) is 0 Å². The molecule has 154 valence electrons. The fourth-order valence-corrected chi connectivity index (χ4v) is 3.41. The van der Waals surface area contributed by atoms with E-state index in [2.05, 4.69) is 20.1 Å². The highest BCUT2D eigenvalue weighted by molar-refractivity contribution is 7.22. The van der Waals surface area contributed by atoms with E-state index in [1.54, 1.807) is 6.20 Å². The third kappa shape index (κ3) is 4.69. The van der Waals surface area contributed by atoms with Gasteiger partial charge in [-0.25, -0.2) is 14.1 Å². The van der Waals surface area contributed by atoms with Crippen molar-refractivity contribution in [2.45, 2.75) is 13.3 Å². The summed E-state index contributed by atoms with van der Waals surface area (Å²) in [6, 6.07) is 11.4. The number of benzene rings is 2. The van der Waals surface area contributed by atoms with Gasteiger partial charge in [0.1, 0.15) is 17.3 Å². The summed E-state index contributed by atoms with van der Waals surface area (Å²) >= 11 is 1.12. The highest BCUT2D eigenvalue weighted by Gasteiger charge is 2.14. The van der Waals surface area contributed by atoms with E-state index in [1.807, 2.05) is 0 Å². The third-order valence-corrected chi connectivity index (χ3v) is 4.79. The number of nitrogens with one attached hydrogen (secondary N) is 1. The van der Waals surface area contributed by atoms with Crippen molar-refractivity contribution in [1.82, 2.24) is 14.8 Å². The van der Waals surface area contributed by atoms with E-state index in [0.717, 1.165) is 11.3 Å². The van der Waals surface area contributed by atoms with E-state index in [4.69, 9.17) is 4.74 Å². The van der Waals surface area contributed by atoms with Crippen molar-refractivity contribution in [1.29, 1.82) is 0 Å². The first-order chi connectivity index (χ1) is 14.5. The van der Waals surface area contributed by atoms with Crippen molar-refractivity contribution in [3.8, 4) is 11.5 Å². The average molecular weight is 434 g/mol. The predicted molar refractivity (Wildman–Crippen MR) is 103 cm³/mol. The number of rotatable bonds is 7. The maximum Gasteiger partial charge on any atom is 0.387 e. The average Bonchev–Trinajstić information content (AvgIpc) is 3.33. The fourth-order valence-electron chi connectivity index (χ4n) is 2.52. The van der Waals surface area contributed by atoms with E-state index in [0.29, 0.717) is 21.1 Å². The summed E-state index contributed by atoms with van der Waals surface area (Å²) in [5.74, 6) is -0.381. The van der Waals surface area contributed by atoms with Crippen molar-refractivity contribution >= 4 is 32.6 Å². The molecule has 0 radical (unpaired) electrons. The van der Waals surface area contributed by atoms with Gasteiger partial charge in [-0.3, -0.25) is 10.1 Å². The van der Waals surface area contributed by atoms with Gasteiger partial charge in [0.2, 0.25) is 0 Å². The molecule has 4 rings (SSSR count). The molecule has 0 bridgehead atoms. The van der Waals surface area contributed by atoms with Gasteiger partial charge < -0.3 is 9.47 Å². The van der Waals surface area contributed by atoms with Gasteiger partial charge >= 0.3 is 6.61 Å². The second-order valence-electron chi connectivity index (χ2n) is 5.95. The molecule has 2 heterocycles. The molecule has 2 aromatic heterocycles. The van der Waals surface area contributed by atoms with Crippen LogP contribution in [0.25, 0.3) is 10.2 Å². The van der Waals surface area contributed by atoms with Gasteiger partial charge in [0.05, 0.1) is 10.2 Å². The summed E-state index contributed by atoms with van der Waals surface area (Å²) < 4.78 is 49.4. The van der Waals surface area contributed by atoms with Crippen molar-refractivity contribution < 1.29 is 27.4 Å². The molecule has 0 aliphatic heterocycles. The van der Waals surface area contributed by atoms with Crippen LogP contribution in [0.3, 0.4) is 0 Å². The molecule has 0 fully saturated rings. The van der Waals surface area contributed by atoms with Gasteiger partial charge in [0, 0.05) is 6.20 Å². The van der Waals surface area contributed by atoms with Crippen LogP contribution in [0.4, 0.5) is 18.3 Å². The number of hydrogen-bond donors (Lipinski definition) is 1. The monoisotopic (exact) mass is 434 g/mol. The molecule has 1 amide bonds. The number of nitrogens with zero attached hydrogens (tertiary/aromatic N) is 3. The Labute approximate surface area is 171 Å². The highest BCUT2D eigenvalue weighted by atomic mass is 32.1. The molecular formula is C19H13F3N4O3S. The molecule has 0 atom stereocenters. The molecule has 11 heteroatoms. The van der Waals surface area contributed by atoms with Crippen molar-refractivity contribution in [2.24, 2.45) is 0 Å². The molecule has 2 aromatic carbocycles. The minimum Gasteiger partial charge on any atom is -0.471 e. The molecule has 0 aliphatic rings. The normalized spacial score (nSPS) is 11.1. The smallest absolute Gasteiger partial charge is 0.387 e. The number of amides is 1. The maximum absolute atomic E-state index is 12.9. The summed E-state index contributed by atoms with van der Waals surface area (Å²) in [6.45, 7) is -2.89. The van der Waals surface area contributed by atoms with Crippen LogP contribution in [-0.4, -0.2) is 27.3 Å². The van der Waals surface area contributed by atoms with Crippen LogP contribution in [0.2, 0.25) is 0 Å². The number of carbonyl (C=O) groups is 1. The van der Waals surface area contributed by atoms with Gasteiger partial charge in [-0.2, -0.15) is 13.9 Å². The zero-order valence-electron chi connectivity index (χ0n) is 15.1. The van der Waals surface area contributed by atoms with Gasteiger partial charge in [0.25, 0.3) is 5.91 Å². The Kier molecular flexibility index (Phi) is 5.53. The SMILES string of the molecule is O=C(Nc1nc2ccc(OC(F)F)cc2s1)c1ccn(COc2ccc(F)cc2)n1. The van der Waals surface area contributed by atoms with Gasteiger partial charge in [-0.05, 0) is 48.5 Å². The number of halogens is 3. The number of anilines is 1. The van der Waals surface area contributed by atoms with E-state index in [1.165, 1.54) is 53.2 Å². The summed E-state index contributed by atoms with van der Waals surface area (Å²) in [5.41, 5.74) is 0.675. The Hall–Kier alpha value is -3.60. The fraction of sp³-hybridized carbons (Fsp3) is 0.105. The largest absolute Gasteiger partial charge is 0.471 e. The lowest BCUT2D eigenvalue weighted by Crippen LogP contribution is -2.14. The number of carbonyl (C=O) groups excluding carboxylic acids is 1. The number of fused-ring (bicyclic) bond motifs is 1. The Bertz CT molecular complexity index is 1180. The van der Waals surface area contributed by atoms with Gasteiger partial charge in [-0.1, -0.05) is 11.3 Å². The zero-order chi connectivity index (χ0) is 21.1. The molecule has 0 aliphatic carbocycles. The molecule has 7 nitrogen and oxygen atoms in total. The van der Waals surface area contributed by atoms with Crippen molar-refractivity contribution in [3.05, 3.63) is 66.2 Å². The van der Waals surface area contributed by atoms with Crippen LogP contribution in [0.1, 0.15) is 10.5 Å². The molecule has 0 saturated heterocycles. The Morgan fingerprint density at radius 1 is 1.13 bits per heavy atom. The van der Waals surface area contributed by atoms with Crippen LogP contribution in [0.5, 0.6) is 11.5 Å². The third-order valence-electron chi connectivity index (χ3n) is 3.86. The molecule has 0 saturated carbocycles. The van der Waals surface area contributed by atoms with Crippen LogP contribution < -0.4 is 14.8 Å². The Balaban J connectivity index is 1.39. The summed E-state index contributed by atoms with van der Waals surface area (Å²) in [5, 5.41) is 7.03. The van der Waals surface area contributed by atoms with Crippen LogP contribution in [0, 0.1) is 5.82 Å². The quantitative estimate of drug-likeness (QED) is 0.463. The minimum absolute atomic E-state index is 0.0129. The lowest BCUT2D eigenvalue weighted by atomic mass is 10.3. The second-order valence-corrected chi connectivity index (χ2v) is 6.98. The molecular weight excluding hydrogens is 421 g/mol. The molecule has 0 spiro atoms. The van der Waals surface area contributed by atoms with E-state index in [-0.39, 0.29) is 24.0 Å². The number of hydrogen-bond acceptors (Lipinski definition) is 6.